The summed E-state index contributed by atoms with van der Waals surface area (Å²) in [5.41, 5.74) is -1.46. The Morgan fingerprint density at radius 2 is 2.14 bits per heavy atom. The second-order valence-corrected chi connectivity index (χ2v) is 9.55. The Labute approximate surface area is 174 Å². The molecule has 0 aromatic heterocycles. The lowest BCUT2D eigenvalue weighted by molar-refractivity contribution is -0.544. The third-order valence-corrected chi connectivity index (χ3v) is 7.33. The van der Waals surface area contributed by atoms with Gasteiger partial charge in [-0.3, -0.25) is 0 Å². The molecule has 1 N–H and O–H groups in total. The zero-order valence-corrected chi connectivity index (χ0v) is 17.9. The van der Waals surface area contributed by atoms with E-state index in [1.165, 1.54) is 11.8 Å². The smallest absolute Gasteiger partial charge is 0.391 e. The van der Waals surface area contributed by atoms with E-state index in [4.69, 9.17) is 4.74 Å². The number of benzene rings is 1. The first kappa shape index (κ1) is 20.1. The van der Waals surface area contributed by atoms with E-state index >= 15 is 0 Å². The molecule has 1 aromatic carbocycles. The van der Waals surface area contributed by atoms with E-state index in [1.807, 2.05) is 12.3 Å². The van der Waals surface area contributed by atoms with E-state index in [-0.39, 0.29) is 25.2 Å². The number of rotatable bonds is 0. The number of nitrogens with zero attached hydrogens (tertiary/aromatic N) is 1. The molecule has 1 fully saturated rings. The molecule has 1 saturated carbocycles. The molecule has 3 unspecified atom stereocenters. The standard InChI is InChI=1S/C19H20BrF3N2O2S/c1-25-15(26)18(24-16(25)28-2)10-17(7-3-4-11(9-17)19(21,22)23)27-14-6-5-12(20)8-13(14)18/h5-6,8,11H,3-4,7,9-10H2,1-2H3/p+1. The van der Waals surface area contributed by atoms with Crippen LogP contribution in [0.4, 0.5) is 13.2 Å². The van der Waals surface area contributed by atoms with Gasteiger partial charge in [-0.25, -0.2) is 9.79 Å². The Morgan fingerprint density at radius 3 is 2.79 bits per heavy atom. The molecule has 4 nitrogen and oxygen atoms in total. The highest BCUT2D eigenvalue weighted by Gasteiger charge is 2.64. The van der Waals surface area contributed by atoms with Gasteiger partial charge in [0.25, 0.3) is 0 Å². The van der Waals surface area contributed by atoms with Crippen LogP contribution in [0.1, 0.15) is 37.7 Å². The third kappa shape index (κ3) is 3.05. The minimum absolute atomic E-state index is 0.109. The lowest BCUT2D eigenvalue weighted by Crippen LogP contribution is -2.85. The SMILES string of the molecule is CSC1=[NH+]C2(CC3(CCCC(C(F)(F)F)C3)Oc3ccc(Br)cc32)C(=O)N1C. The summed E-state index contributed by atoms with van der Waals surface area (Å²) in [5.74, 6) is -1.09. The topological polar surface area (TPSA) is 43.5 Å². The molecule has 0 saturated heterocycles. The quantitative estimate of drug-likeness (QED) is 0.623. The number of ether oxygens (including phenoxy) is 1. The number of carbonyl (C=O) groups is 1. The van der Waals surface area contributed by atoms with Crippen LogP contribution in [0.2, 0.25) is 0 Å². The number of amides is 1. The fourth-order valence-electron chi connectivity index (χ4n) is 4.82. The van der Waals surface area contributed by atoms with Crippen molar-refractivity contribution >= 4 is 38.8 Å². The normalized spacial score (nSPS) is 32.5. The number of carbonyl (C=O) groups excluding carboxylic acids is 1. The Kier molecular flexibility index (Phi) is 4.77. The molecule has 4 rings (SSSR count). The van der Waals surface area contributed by atoms with Crippen LogP contribution in [0.15, 0.2) is 22.7 Å². The van der Waals surface area contributed by atoms with Crippen molar-refractivity contribution < 1.29 is 27.7 Å². The van der Waals surface area contributed by atoms with E-state index in [0.717, 1.165) is 4.47 Å². The van der Waals surface area contributed by atoms with Crippen molar-refractivity contribution in [2.45, 2.75) is 49.4 Å². The molecule has 2 heterocycles. The monoisotopic (exact) mass is 477 g/mol. The molecule has 2 aliphatic heterocycles. The van der Waals surface area contributed by atoms with E-state index < -0.39 is 23.2 Å². The molecule has 28 heavy (non-hydrogen) atoms. The summed E-state index contributed by atoms with van der Waals surface area (Å²) in [4.78, 5) is 18.3. The van der Waals surface area contributed by atoms with Crippen LogP contribution in [-0.2, 0) is 10.3 Å². The zero-order valence-electron chi connectivity index (χ0n) is 15.5. The first-order chi connectivity index (χ1) is 13.1. The molecule has 1 amide bonds. The van der Waals surface area contributed by atoms with Gasteiger partial charge in [-0.1, -0.05) is 15.9 Å². The Balaban J connectivity index is 1.85. The van der Waals surface area contributed by atoms with Crippen molar-refractivity contribution in [2.75, 3.05) is 13.3 Å². The summed E-state index contributed by atoms with van der Waals surface area (Å²) in [7, 11) is 1.69. The summed E-state index contributed by atoms with van der Waals surface area (Å²) in [6.45, 7) is 0. The lowest BCUT2D eigenvalue weighted by atomic mass is 9.68. The van der Waals surface area contributed by atoms with Crippen molar-refractivity contribution in [3.63, 3.8) is 0 Å². The number of hydrogen-bond donors (Lipinski definition) is 1. The molecular formula is C19H21BrF3N2O2S+. The summed E-state index contributed by atoms with van der Waals surface area (Å²) >= 11 is 4.85. The average molecular weight is 478 g/mol. The maximum atomic E-state index is 13.5. The van der Waals surface area contributed by atoms with Crippen LogP contribution in [-0.4, -0.2) is 41.1 Å². The van der Waals surface area contributed by atoms with Crippen LogP contribution in [0, 0.1) is 5.92 Å². The largest absolute Gasteiger partial charge is 0.487 e. The van der Waals surface area contributed by atoms with Gasteiger partial charge >= 0.3 is 17.3 Å². The van der Waals surface area contributed by atoms with E-state index in [9.17, 15) is 18.0 Å². The first-order valence-electron chi connectivity index (χ1n) is 9.13. The highest BCUT2D eigenvalue weighted by Crippen LogP contribution is 2.52. The molecule has 0 bridgehead atoms. The van der Waals surface area contributed by atoms with Gasteiger partial charge < -0.3 is 4.74 Å². The predicted molar refractivity (Wildman–Crippen MR) is 104 cm³/mol. The number of nitrogens with one attached hydrogen (secondary N) is 1. The summed E-state index contributed by atoms with van der Waals surface area (Å²) in [6.07, 6.45) is -1.30. The molecular weight excluding hydrogens is 457 g/mol. The molecule has 9 heteroatoms. The Morgan fingerprint density at radius 1 is 1.39 bits per heavy atom. The zero-order chi connectivity index (χ0) is 20.3. The van der Waals surface area contributed by atoms with Gasteiger partial charge in [0.2, 0.25) is 5.54 Å². The number of likely N-dealkylation sites (N-methyl/N-ethyl adjacent to an activating group) is 1. The molecule has 2 spiro atoms. The Bertz CT molecular complexity index is 862. The van der Waals surface area contributed by atoms with Crippen LogP contribution >= 0.6 is 27.7 Å². The van der Waals surface area contributed by atoms with Crippen LogP contribution in [0.25, 0.3) is 0 Å². The molecule has 3 aliphatic rings. The van der Waals surface area contributed by atoms with Gasteiger partial charge in [-0.05, 0) is 61.9 Å². The molecule has 0 radical (unpaired) electrons. The molecule has 152 valence electrons. The van der Waals surface area contributed by atoms with Gasteiger partial charge in [-0.15, -0.1) is 0 Å². The van der Waals surface area contributed by atoms with Crippen molar-refractivity contribution in [3.05, 3.63) is 28.2 Å². The number of thioether (sulfide) groups is 1. The average Bonchev–Trinajstić information content (AvgIpc) is 2.87. The van der Waals surface area contributed by atoms with Crippen molar-refractivity contribution in [3.8, 4) is 5.75 Å². The number of alkyl halides is 3. The minimum atomic E-state index is -4.26. The highest BCUT2D eigenvalue weighted by molar-refractivity contribution is 9.10. The van der Waals surface area contributed by atoms with Crippen molar-refractivity contribution in [1.29, 1.82) is 0 Å². The Hall–Kier alpha value is -1.22. The second kappa shape index (κ2) is 6.65. The van der Waals surface area contributed by atoms with Crippen LogP contribution in [0.3, 0.4) is 0 Å². The van der Waals surface area contributed by atoms with Crippen LogP contribution in [0.5, 0.6) is 5.75 Å². The number of amidine groups is 1. The third-order valence-electron chi connectivity index (χ3n) is 6.07. The summed E-state index contributed by atoms with van der Waals surface area (Å²) in [6, 6.07) is 5.36. The van der Waals surface area contributed by atoms with Gasteiger partial charge in [-0.2, -0.15) is 18.1 Å². The number of hydrogen-bond acceptors (Lipinski definition) is 3. The van der Waals surface area contributed by atoms with E-state index in [0.29, 0.717) is 29.3 Å². The van der Waals surface area contributed by atoms with Gasteiger partial charge in [0.05, 0.1) is 18.5 Å². The molecule has 1 aliphatic carbocycles. The van der Waals surface area contributed by atoms with Gasteiger partial charge in [0.1, 0.15) is 11.4 Å². The maximum Gasteiger partial charge on any atom is 0.391 e. The van der Waals surface area contributed by atoms with Crippen LogP contribution < -0.4 is 9.73 Å². The fourth-order valence-corrected chi connectivity index (χ4v) is 5.81. The number of halogens is 4. The second-order valence-electron chi connectivity index (χ2n) is 7.84. The minimum Gasteiger partial charge on any atom is -0.487 e. The van der Waals surface area contributed by atoms with E-state index in [2.05, 4.69) is 20.9 Å². The lowest BCUT2D eigenvalue weighted by Gasteiger charge is -2.47. The predicted octanol–water partition coefficient (Wildman–Crippen LogP) is 3.19. The van der Waals surface area contributed by atoms with Gasteiger partial charge in [0, 0.05) is 10.9 Å². The first-order valence-corrected chi connectivity index (χ1v) is 11.2. The summed E-state index contributed by atoms with van der Waals surface area (Å²) in [5, 5.41) is 0.691. The maximum absolute atomic E-state index is 13.5. The summed E-state index contributed by atoms with van der Waals surface area (Å²) < 4.78 is 47.5. The highest BCUT2D eigenvalue weighted by atomic mass is 79.9. The fraction of sp³-hybridized carbons (Fsp3) is 0.579. The molecule has 1 aromatic rings. The number of fused-ring (bicyclic) bond motifs is 2. The van der Waals surface area contributed by atoms with Gasteiger partial charge in [0.15, 0.2) is 0 Å². The van der Waals surface area contributed by atoms with Crippen molar-refractivity contribution in [1.82, 2.24) is 4.90 Å². The molecule has 3 atom stereocenters. The van der Waals surface area contributed by atoms with Crippen molar-refractivity contribution in [2.24, 2.45) is 5.92 Å². The van der Waals surface area contributed by atoms with E-state index in [1.54, 1.807) is 24.1 Å².